The lowest BCUT2D eigenvalue weighted by molar-refractivity contribution is 0.467. The van der Waals surface area contributed by atoms with E-state index in [2.05, 4.69) is 42.7 Å². The Bertz CT molecular complexity index is 865. The molecule has 0 unspecified atom stereocenters. The van der Waals surface area contributed by atoms with Crippen LogP contribution in [0, 0.1) is 13.8 Å². The monoisotopic (exact) mass is 348 g/mol. The van der Waals surface area contributed by atoms with Crippen LogP contribution < -0.4 is 4.90 Å². The van der Waals surface area contributed by atoms with E-state index in [1.165, 1.54) is 11.4 Å². The van der Waals surface area contributed by atoms with Crippen LogP contribution in [0.3, 0.4) is 0 Å². The number of piperidine rings is 1. The summed E-state index contributed by atoms with van der Waals surface area (Å²) in [7, 11) is 0. The van der Waals surface area contributed by atoms with Gasteiger partial charge in [-0.05, 0) is 44.4 Å². The SMILES string of the molecule is Cc1cnc(C)c(N2CCC(c3nccn3Cc3ccncc3)CC2)n1. The Morgan fingerprint density at radius 3 is 2.58 bits per heavy atom. The van der Waals surface area contributed by atoms with Crippen molar-refractivity contribution in [3.63, 3.8) is 0 Å². The Balaban J connectivity index is 1.46. The van der Waals surface area contributed by atoms with E-state index in [4.69, 9.17) is 4.98 Å². The first-order valence-electron chi connectivity index (χ1n) is 9.16. The smallest absolute Gasteiger partial charge is 0.150 e. The Morgan fingerprint density at radius 1 is 1.04 bits per heavy atom. The Labute approximate surface area is 154 Å². The second-order valence-electron chi connectivity index (χ2n) is 6.95. The van der Waals surface area contributed by atoms with Crippen molar-refractivity contribution in [3.05, 3.63) is 65.9 Å². The lowest BCUT2D eigenvalue weighted by Gasteiger charge is -2.33. The number of aryl methyl sites for hydroxylation is 2. The average molecular weight is 348 g/mol. The summed E-state index contributed by atoms with van der Waals surface area (Å²) in [6.45, 7) is 6.87. The zero-order chi connectivity index (χ0) is 17.9. The molecule has 0 N–H and O–H groups in total. The van der Waals surface area contributed by atoms with Gasteiger partial charge in [0.15, 0.2) is 0 Å². The number of anilines is 1. The van der Waals surface area contributed by atoms with Crippen molar-refractivity contribution in [2.45, 2.75) is 39.2 Å². The summed E-state index contributed by atoms with van der Waals surface area (Å²) >= 11 is 0. The molecule has 4 rings (SSSR count). The summed E-state index contributed by atoms with van der Waals surface area (Å²) in [5, 5.41) is 0. The highest BCUT2D eigenvalue weighted by Gasteiger charge is 2.25. The van der Waals surface area contributed by atoms with Gasteiger partial charge in [-0.25, -0.2) is 9.97 Å². The second kappa shape index (κ2) is 7.23. The van der Waals surface area contributed by atoms with Gasteiger partial charge in [-0.2, -0.15) is 0 Å². The van der Waals surface area contributed by atoms with Gasteiger partial charge in [0.1, 0.15) is 11.6 Å². The minimum absolute atomic E-state index is 0.487. The van der Waals surface area contributed by atoms with Crippen LogP contribution in [0.4, 0.5) is 5.82 Å². The highest BCUT2D eigenvalue weighted by molar-refractivity contribution is 5.43. The van der Waals surface area contributed by atoms with Crippen LogP contribution >= 0.6 is 0 Å². The minimum atomic E-state index is 0.487. The van der Waals surface area contributed by atoms with E-state index in [1.807, 2.05) is 38.6 Å². The van der Waals surface area contributed by atoms with Crippen LogP contribution in [0.1, 0.15) is 41.5 Å². The molecule has 26 heavy (non-hydrogen) atoms. The number of imidazole rings is 1. The maximum absolute atomic E-state index is 4.69. The molecule has 6 heteroatoms. The summed E-state index contributed by atoms with van der Waals surface area (Å²) in [5.41, 5.74) is 3.23. The molecule has 1 aliphatic rings. The average Bonchev–Trinajstić information content (AvgIpc) is 3.13. The van der Waals surface area contributed by atoms with Gasteiger partial charge in [-0.1, -0.05) is 0 Å². The predicted molar refractivity (Wildman–Crippen MR) is 101 cm³/mol. The van der Waals surface area contributed by atoms with E-state index in [0.717, 1.165) is 49.7 Å². The quantitative estimate of drug-likeness (QED) is 0.725. The molecule has 0 spiro atoms. The first-order chi connectivity index (χ1) is 12.7. The maximum Gasteiger partial charge on any atom is 0.150 e. The van der Waals surface area contributed by atoms with Crippen molar-refractivity contribution in [2.24, 2.45) is 0 Å². The molecule has 1 saturated heterocycles. The summed E-state index contributed by atoms with van der Waals surface area (Å²) in [6, 6.07) is 4.12. The van der Waals surface area contributed by atoms with Crippen LogP contribution in [0.25, 0.3) is 0 Å². The number of hydrogen-bond acceptors (Lipinski definition) is 5. The number of aromatic nitrogens is 5. The van der Waals surface area contributed by atoms with Crippen LogP contribution in [0.2, 0.25) is 0 Å². The topological polar surface area (TPSA) is 59.7 Å². The molecule has 0 atom stereocenters. The van der Waals surface area contributed by atoms with Crippen LogP contribution in [-0.4, -0.2) is 37.6 Å². The fourth-order valence-corrected chi connectivity index (χ4v) is 3.67. The van der Waals surface area contributed by atoms with Crippen LogP contribution in [0.5, 0.6) is 0 Å². The van der Waals surface area contributed by atoms with Gasteiger partial charge in [-0.3, -0.25) is 9.97 Å². The highest BCUT2D eigenvalue weighted by Crippen LogP contribution is 2.30. The van der Waals surface area contributed by atoms with Crippen molar-refractivity contribution in [1.29, 1.82) is 0 Å². The normalized spacial score (nSPS) is 15.4. The first-order valence-corrected chi connectivity index (χ1v) is 9.16. The molecule has 0 amide bonds. The molecule has 6 nitrogen and oxygen atoms in total. The van der Waals surface area contributed by atoms with E-state index in [1.54, 1.807) is 0 Å². The lowest BCUT2D eigenvalue weighted by Crippen LogP contribution is -2.35. The fourth-order valence-electron chi connectivity index (χ4n) is 3.67. The molecule has 0 radical (unpaired) electrons. The van der Waals surface area contributed by atoms with Gasteiger partial charge >= 0.3 is 0 Å². The number of rotatable bonds is 4. The van der Waals surface area contributed by atoms with Crippen molar-refractivity contribution < 1.29 is 0 Å². The van der Waals surface area contributed by atoms with E-state index in [0.29, 0.717) is 5.92 Å². The van der Waals surface area contributed by atoms with Crippen molar-refractivity contribution in [3.8, 4) is 0 Å². The van der Waals surface area contributed by atoms with Crippen molar-refractivity contribution in [2.75, 3.05) is 18.0 Å². The van der Waals surface area contributed by atoms with Crippen molar-refractivity contribution >= 4 is 5.82 Å². The summed E-state index contributed by atoms with van der Waals surface area (Å²) in [4.78, 5) is 20.3. The highest BCUT2D eigenvalue weighted by atomic mass is 15.2. The molecule has 0 aromatic carbocycles. The first kappa shape index (κ1) is 16.7. The minimum Gasteiger partial charge on any atom is -0.355 e. The Hall–Kier alpha value is -2.76. The molecule has 134 valence electrons. The summed E-state index contributed by atoms with van der Waals surface area (Å²) < 4.78 is 2.27. The number of pyridine rings is 1. The molecule has 0 bridgehead atoms. The van der Waals surface area contributed by atoms with E-state index in [-0.39, 0.29) is 0 Å². The third-order valence-electron chi connectivity index (χ3n) is 5.06. The molecule has 3 aromatic rings. The summed E-state index contributed by atoms with van der Waals surface area (Å²) in [6.07, 6.45) is 11.7. The molecule has 0 saturated carbocycles. The van der Waals surface area contributed by atoms with Gasteiger partial charge in [-0.15, -0.1) is 0 Å². The number of hydrogen-bond donors (Lipinski definition) is 0. The second-order valence-corrected chi connectivity index (χ2v) is 6.95. The van der Waals surface area contributed by atoms with Gasteiger partial charge < -0.3 is 9.47 Å². The van der Waals surface area contributed by atoms with Gasteiger partial charge in [0.05, 0.1) is 11.4 Å². The van der Waals surface area contributed by atoms with E-state index < -0.39 is 0 Å². The molecular formula is C20H24N6. The molecule has 4 heterocycles. The standard InChI is InChI=1S/C20H24N6/c1-15-13-23-16(2)19(24-15)25-10-5-18(6-11-25)20-22-9-12-26(20)14-17-3-7-21-8-4-17/h3-4,7-9,12-13,18H,5-6,10-11,14H2,1-2H3. The van der Waals surface area contributed by atoms with E-state index >= 15 is 0 Å². The molecule has 1 fully saturated rings. The molecular weight excluding hydrogens is 324 g/mol. The molecule has 3 aromatic heterocycles. The Kier molecular flexibility index (Phi) is 4.65. The third-order valence-corrected chi connectivity index (χ3v) is 5.06. The van der Waals surface area contributed by atoms with Gasteiger partial charge in [0.25, 0.3) is 0 Å². The van der Waals surface area contributed by atoms with Gasteiger partial charge in [0, 0.05) is 56.5 Å². The molecule has 1 aliphatic heterocycles. The zero-order valence-electron chi connectivity index (χ0n) is 15.3. The van der Waals surface area contributed by atoms with Crippen molar-refractivity contribution in [1.82, 2.24) is 24.5 Å². The predicted octanol–water partition coefficient (Wildman–Crippen LogP) is 3.12. The van der Waals surface area contributed by atoms with Crippen LogP contribution in [-0.2, 0) is 6.54 Å². The maximum atomic E-state index is 4.69. The third kappa shape index (κ3) is 3.45. The number of nitrogens with zero attached hydrogens (tertiary/aromatic N) is 6. The van der Waals surface area contributed by atoms with Crippen LogP contribution in [0.15, 0.2) is 43.1 Å². The fraction of sp³-hybridized carbons (Fsp3) is 0.400. The Morgan fingerprint density at radius 2 is 1.81 bits per heavy atom. The van der Waals surface area contributed by atoms with Gasteiger partial charge in [0.2, 0.25) is 0 Å². The largest absolute Gasteiger partial charge is 0.355 e. The summed E-state index contributed by atoms with van der Waals surface area (Å²) in [5.74, 6) is 2.71. The zero-order valence-corrected chi connectivity index (χ0v) is 15.3. The lowest BCUT2D eigenvalue weighted by atomic mass is 9.95. The molecule has 0 aliphatic carbocycles. The van der Waals surface area contributed by atoms with E-state index in [9.17, 15) is 0 Å².